The Morgan fingerprint density at radius 2 is 1.85 bits per heavy atom. The van der Waals surface area contributed by atoms with Gasteiger partial charge >= 0.3 is 0 Å². The molecule has 3 saturated carbocycles. The largest absolute Gasteiger partial charge is 0.396 e. The number of rotatable bonds is 9. The standard InChI is InChI=1S/C29H35N7O3S/c1-29(11-12-29)10-8-22-16-32-27(14-25(22)31-15-20-2-4-21(19-37)5-3-20)34-26-9-13-30-28(35-26)23-17-33-36(18-23)40(38,39)24-6-7-24/h9,13-14,16-18,20-21,24,37H,2-7,11-12,15,19H2,1H3,(H2,30,31,32,34,35)/t20-,21-. The maximum Gasteiger partial charge on any atom is 0.256 e. The molecule has 6 rings (SSSR count). The van der Waals surface area contributed by atoms with Gasteiger partial charge in [0.25, 0.3) is 10.0 Å². The number of anilines is 3. The van der Waals surface area contributed by atoms with Gasteiger partial charge in [-0.05, 0) is 76.2 Å². The highest BCUT2D eigenvalue weighted by Gasteiger charge is 2.38. The Bertz CT molecular complexity index is 1540. The summed E-state index contributed by atoms with van der Waals surface area (Å²) in [5.41, 5.74) is 2.44. The van der Waals surface area contributed by atoms with E-state index in [2.05, 4.69) is 49.4 Å². The third-order valence-corrected chi connectivity index (χ3v) is 10.2. The average molecular weight is 562 g/mol. The summed E-state index contributed by atoms with van der Waals surface area (Å²) in [7, 11) is -3.45. The zero-order valence-electron chi connectivity index (χ0n) is 22.7. The minimum atomic E-state index is -3.45. The van der Waals surface area contributed by atoms with E-state index in [1.54, 1.807) is 18.5 Å². The fourth-order valence-corrected chi connectivity index (χ4v) is 6.43. The molecule has 0 saturated heterocycles. The molecule has 0 atom stereocenters. The lowest BCUT2D eigenvalue weighted by Crippen LogP contribution is -2.23. The lowest BCUT2D eigenvalue weighted by Gasteiger charge is -2.27. The number of hydrogen-bond donors (Lipinski definition) is 3. The molecule has 0 aliphatic heterocycles. The summed E-state index contributed by atoms with van der Waals surface area (Å²) in [5, 5.41) is 20.0. The van der Waals surface area contributed by atoms with E-state index in [1.165, 1.54) is 12.4 Å². The van der Waals surface area contributed by atoms with Crippen LogP contribution in [0.2, 0.25) is 0 Å². The van der Waals surface area contributed by atoms with Crippen LogP contribution in [0.5, 0.6) is 0 Å². The zero-order valence-corrected chi connectivity index (χ0v) is 23.5. The zero-order chi connectivity index (χ0) is 27.7. The van der Waals surface area contributed by atoms with Gasteiger partial charge in [0.2, 0.25) is 0 Å². The van der Waals surface area contributed by atoms with Crippen LogP contribution in [0.15, 0.2) is 36.9 Å². The lowest BCUT2D eigenvalue weighted by molar-refractivity contribution is 0.170. The number of nitrogens with one attached hydrogen (secondary N) is 2. The normalized spacial score (nSPS) is 21.8. The minimum absolute atomic E-state index is 0.111. The van der Waals surface area contributed by atoms with Crippen molar-refractivity contribution in [1.29, 1.82) is 0 Å². The highest BCUT2D eigenvalue weighted by Crippen LogP contribution is 2.44. The molecule has 11 heteroatoms. The Morgan fingerprint density at radius 1 is 1.07 bits per heavy atom. The summed E-state index contributed by atoms with van der Waals surface area (Å²) in [4.78, 5) is 13.5. The smallest absolute Gasteiger partial charge is 0.256 e. The molecule has 3 aliphatic carbocycles. The monoisotopic (exact) mass is 561 g/mol. The van der Waals surface area contributed by atoms with Crippen LogP contribution in [0.1, 0.15) is 63.9 Å². The van der Waals surface area contributed by atoms with E-state index in [0.29, 0.717) is 47.7 Å². The molecule has 3 heterocycles. The molecule has 0 amide bonds. The van der Waals surface area contributed by atoms with Gasteiger partial charge in [-0.15, -0.1) is 0 Å². The van der Waals surface area contributed by atoms with E-state index < -0.39 is 10.0 Å². The maximum absolute atomic E-state index is 12.5. The summed E-state index contributed by atoms with van der Waals surface area (Å²) in [6.45, 7) is 3.32. The first-order chi connectivity index (χ1) is 19.3. The number of aliphatic hydroxyl groups excluding tert-OH is 1. The predicted octanol–water partition coefficient (Wildman–Crippen LogP) is 4.18. The van der Waals surface area contributed by atoms with Crippen LogP contribution in [0.4, 0.5) is 17.3 Å². The van der Waals surface area contributed by atoms with Crippen LogP contribution >= 0.6 is 0 Å². The average Bonchev–Trinajstić information content (AvgIpc) is 3.90. The molecule has 0 spiro atoms. The van der Waals surface area contributed by atoms with Crippen molar-refractivity contribution < 1.29 is 13.5 Å². The molecule has 10 nitrogen and oxygen atoms in total. The van der Waals surface area contributed by atoms with Crippen LogP contribution in [-0.4, -0.2) is 56.1 Å². The van der Waals surface area contributed by atoms with Gasteiger partial charge in [-0.3, -0.25) is 0 Å². The van der Waals surface area contributed by atoms with Crippen molar-refractivity contribution in [2.75, 3.05) is 23.8 Å². The summed E-state index contributed by atoms with van der Waals surface area (Å²) in [6.07, 6.45) is 14.3. The van der Waals surface area contributed by atoms with Gasteiger partial charge in [-0.25, -0.2) is 23.4 Å². The van der Waals surface area contributed by atoms with Gasteiger partial charge in [0.15, 0.2) is 5.82 Å². The van der Waals surface area contributed by atoms with E-state index in [0.717, 1.165) is 60.4 Å². The van der Waals surface area contributed by atoms with Gasteiger partial charge < -0.3 is 15.7 Å². The van der Waals surface area contributed by atoms with Crippen LogP contribution in [-0.2, 0) is 10.0 Å². The second-order valence-corrected chi connectivity index (χ2v) is 13.7. The molecule has 0 bridgehead atoms. The molecule has 3 N–H and O–H groups in total. The van der Waals surface area contributed by atoms with Crippen molar-refractivity contribution in [2.24, 2.45) is 17.3 Å². The Balaban J connectivity index is 1.19. The lowest BCUT2D eigenvalue weighted by atomic mass is 9.82. The Hall–Kier alpha value is -3.49. The van der Waals surface area contributed by atoms with Crippen molar-refractivity contribution >= 4 is 27.3 Å². The van der Waals surface area contributed by atoms with Crippen LogP contribution < -0.4 is 10.6 Å². The molecular weight excluding hydrogens is 526 g/mol. The van der Waals surface area contributed by atoms with E-state index in [-0.39, 0.29) is 17.3 Å². The van der Waals surface area contributed by atoms with E-state index in [9.17, 15) is 13.5 Å². The molecule has 3 aromatic heterocycles. The quantitative estimate of drug-likeness (QED) is 0.329. The third-order valence-electron chi connectivity index (χ3n) is 8.15. The molecule has 40 heavy (non-hydrogen) atoms. The summed E-state index contributed by atoms with van der Waals surface area (Å²) in [6, 6.07) is 3.70. The second-order valence-electron chi connectivity index (χ2n) is 11.6. The first kappa shape index (κ1) is 26.7. The van der Waals surface area contributed by atoms with E-state index in [1.807, 2.05) is 6.07 Å². The van der Waals surface area contributed by atoms with Crippen LogP contribution in [0, 0.1) is 29.1 Å². The van der Waals surface area contributed by atoms with Gasteiger partial charge in [0.1, 0.15) is 11.6 Å². The molecule has 0 aromatic carbocycles. The summed E-state index contributed by atoms with van der Waals surface area (Å²) in [5.74, 6) is 9.28. The highest BCUT2D eigenvalue weighted by molar-refractivity contribution is 7.90. The van der Waals surface area contributed by atoms with Gasteiger partial charge in [0, 0.05) is 37.0 Å². The van der Waals surface area contributed by atoms with Crippen LogP contribution in [0.25, 0.3) is 11.4 Å². The number of aliphatic hydroxyl groups is 1. The summed E-state index contributed by atoms with van der Waals surface area (Å²) >= 11 is 0. The highest BCUT2D eigenvalue weighted by atomic mass is 32.2. The maximum atomic E-state index is 12.5. The molecule has 0 unspecified atom stereocenters. The molecule has 3 fully saturated rings. The van der Waals surface area contributed by atoms with Crippen molar-refractivity contribution in [1.82, 2.24) is 24.1 Å². The van der Waals surface area contributed by atoms with Crippen LogP contribution in [0.3, 0.4) is 0 Å². The van der Waals surface area contributed by atoms with Gasteiger partial charge in [-0.2, -0.15) is 9.19 Å². The Morgan fingerprint density at radius 3 is 2.58 bits per heavy atom. The third kappa shape index (κ3) is 6.13. The minimum Gasteiger partial charge on any atom is -0.396 e. The molecular formula is C29H35N7O3S. The Labute approximate surface area is 235 Å². The van der Waals surface area contributed by atoms with Crippen molar-refractivity contribution in [3.8, 4) is 23.2 Å². The fourth-order valence-electron chi connectivity index (χ4n) is 4.95. The van der Waals surface area contributed by atoms with Gasteiger partial charge in [-0.1, -0.05) is 11.8 Å². The number of hydrogen-bond acceptors (Lipinski definition) is 9. The van der Waals surface area contributed by atoms with Crippen molar-refractivity contribution in [3.63, 3.8) is 0 Å². The topological polar surface area (TPSA) is 135 Å². The molecule has 210 valence electrons. The summed E-state index contributed by atoms with van der Waals surface area (Å²) < 4.78 is 26.0. The van der Waals surface area contributed by atoms with E-state index >= 15 is 0 Å². The Kier molecular flexibility index (Phi) is 7.23. The number of nitrogens with zero attached hydrogens (tertiary/aromatic N) is 5. The second kappa shape index (κ2) is 10.8. The number of pyridine rings is 1. The predicted molar refractivity (Wildman–Crippen MR) is 153 cm³/mol. The fraction of sp³-hybridized carbons (Fsp3) is 0.517. The molecule has 3 aromatic rings. The van der Waals surface area contributed by atoms with Crippen molar-refractivity contribution in [2.45, 2.75) is 63.5 Å². The number of aromatic nitrogens is 5. The molecule has 0 radical (unpaired) electrons. The van der Waals surface area contributed by atoms with Gasteiger partial charge in [0.05, 0.1) is 34.5 Å². The first-order valence-corrected chi connectivity index (χ1v) is 15.6. The SMILES string of the molecule is CC1(C#Cc2cnc(Nc3ccnc(-c4cnn(S(=O)(=O)C5CC5)c4)n3)cc2NC[C@H]2CC[C@H](CO)CC2)CC1. The van der Waals surface area contributed by atoms with E-state index in [4.69, 9.17) is 0 Å². The first-order valence-electron chi connectivity index (χ1n) is 14.1. The van der Waals surface area contributed by atoms with Crippen molar-refractivity contribution in [3.05, 3.63) is 42.5 Å². The molecule has 3 aliphatic rings.